The molecule has 1 amide bonds. The van der Waals surface area contributed by atoms with Gasteiger partial charge in [0.05, 0.1) is 6.54 Å². The minimum absolute atomic E-state index is 0.204. The average Bonchev–Trinajstić information content (AvgIpc) is 2.07. The maximum Gasteiger partial charge on any atom is 0.471 e. The normalized spacial score (nSPS) is 21.1. The summed E-state index contributed by atoms with van der Waals surface area (Å²) in [5.41, 5.74) is -1.56. The van der Waals surface area contributed by atoms with E-state index in [1.165, 1.54) is 13.8 Å². The van der Waals surface area contributed by atoms with Gasteiger partial charge in [0, 0.05) is 0 Å². The fourth-order valence-electron chi connectivity index (χ4n) is 1.30. The van der Waals surface area contributed by atoms with Crippen molar-refractivity contribution in [1.29, 1.82) is 0 Å². The molecule has 0 bridgehead atoms. The first-order valence-corrected chi connectivity index (χ1v) is 4.23. The van der Waals surface area contributed by atoms with Crippen molar-refractivity contribution in [2.45, 2.75) is 25.6 Å². The van der Waals surface area contributed by atoms with Gasteiger partial charge >= 0.3 is 18.1 Å². The number of alkyl halides is 3. The lowest BCUT2D eigenvalue weighted by Gasteiger charge is -2.40. The van der Waals surface area contributed by atoms with E-state index in [1.807, 2.05) is 0 Å². The highest BCUT2D eigenvalue weighted by molar-refractivity contribution is 5.90. The molecule has 0 saturated carbocycles. The van der Waals surface area contributed by atoms with Gasteiger partial charge in [-0.3, -0.25) is 4.79 Å². The van der Waals surface area contributed by atoms with Gasteiger partial charge in [0.2, 0.25) is 0 Å². The van der Waals surface area contributed by atoms with Crippen molar-refractivity contribution in [1.82, 2.24) is 4.90 Å². The molecule has 0 atom stereocenters. The fraction of sp³-hybridized carbons (Fsp3) is 0.750. The van der Waals surface area contributed by atoms with E-state index in [4.69, 9.17) is 0 Å². The van der Waals surface area contributed by atoms with Crippen LogP contribution in [0.4, 0.5) is 13.2 Å². The summed E-state index contributed by atoms with van der Waals surface area (Å²) in [4.78, 5) is 22.6. The van der Waals surface area contributed by atoms with Crippen molar-refractivity contribution in [2.75, 3.05) is 13.2 Å². The van der Waals surface area contributed by atoms with Gasteiger partial charge in [-0.05, 0) is 13.8 Å². The molecule has 1 aliphatic rings. The molecule has 0 radical (unpaired) electrons. The van der Waals surface area contributed by atoms with E-state index in [0.29, 0.717) is 4.90 Å². The van der Waals surface area contributed by atoms with Gasteiger partial charge in [0.1, 0.15) is 12.1 Å². The highest BCUT2D eigenvalue weighted by Crippen LogP contribution is 2.27. The highest BCUT2D eigenvalue weighted by atomic mass is 19.4. The quantitative estimate of drug-likeness (QED) is 0.570. The standard InChI is InChI=1S/C8H10F3NO3/c1-7(2)6(14)15-4-3-12(7)5(13)8(9,10)11/h3-4H2,1-2H3. The predicted molar refractivity (Wildman–Crippen MR) is 42.8 cm³/mol. The van der Waals surface area contributed by atoms with Crippen LogP contribution in [0, 0.1) is 0 Å². The lowest BCUT2D eigenvalue weighted by atomic mass is 10.0. The van der Waals surface area contributed by atoms with Crippen LogP contribution in [0.5, 0.6) is 0 Å². The van der Waals surface area contributed by atoms with Crippen LogP contribution in [0.2, 0.25) is 0 Å². The molecule has 15 heavy (non-hydrogen) atoms. The molecular weight excluding hydrogens is 215 g/mol. The number of nitrogens with zero attached hydrogens (tertiary/aromatic N) is 1. The molecule has 0 aromatic heterocycles. The van der Waals surface area contributed by atoms with Gasteiger partial charge in [-0.15, -0.1) is 0 Å². The molecule has 1 aliphatic heterocycles. The van der Waals surface area contributed by atoms with E-state index in [0.717, 1.165) is 0 Å². The molecule has 0 aliphatic carbocycles. The Morgan fingerprint density at radius 2 is 2.00 bits per heavy atom. The minimum Gasteiger partial charge on any atom is -0.462 e. The van der Waals surface area contributed by atoms with E-state index in [2.05, 4.69) is 4.74 Å². The second-order valence-electron chi connectivity index (χ2n) is 3.65. The Labute approximate surface area is 84.0 Å². The molecule has 4 nitrogen and oxygen atoms in total. The first-order valence-electron chi connectivity index (χ1n) is 4.23. The summed E-state index contributed by atoms with van der Waals surface area (Å²) < 4.78 is 41.1. The van der Waals surface area contributed by atoms with Crippen LogP contribution in [-0.2, 0) is 14.3 Å². The second-order valence-corrected chi connectivity index (χ2v) is 3.65. The Hall–Kier alpha value is -1.27. The Morgan fingerprint density at radius 1 is 1.47 bits per heavy atom. The molecule has 0 unspecified atom stereocenters. The molecule has 0 aromatic rings. The van der Waals surface area contributed by atoms with Gasteiger partial charge in [-0.2, -0.15) is 13.2 Å². The third-order valence-corrected chi connectivity index (χ3v) is 2.21. The number of esters is 1. The summed E-state index contributed by atoms with van der Waals surface area (Å²) >= 11 is 0. The van der Waals surface area contributed by atoms with Crippen molar-refractivity contribution >= 4 is 11.9 Å². The molecule has 1 fully saturated rings. The van der Waals surface area contributed by atoms with Crippen LogP contribution >= 0.6 is 0 Å². The molecular formula is C8H10F3NO3. The summed E-state index contributed by atoms with van der Waals surface area (Å²) in [7, 11) is 0. The number of amides is 1. The number of cyclic esters (lactones) is 1. The van der Waals surface area contributed by atoms with Crippen molar-refractivity contribution < 1.29 is 27.5 Å². The zero-order chi connectivity index (χ0) is 11.9. The molecule has 1 saturated heterocycles. The van der Waals surface area contributed by atoms with Gasteiger partial charge in [0.25, 0.3) is 0 Å². The maximum absolute atomic E-state index is 12.2. The van der Waals surface area contributed by atoms with E-state index < -0.39 is 23.6 Å². The Kier molecular flexibility index (Phi) is 2.67. The molecule has 7 heteroatoms. The lowest BCUT2D eigenvalue weighted by molar-refractivity contribution is -0.200. The van der Waals surface area contributed by atoms with Gasteiger partial charge < -0.3 is 9.64 Å². The molecule has 0 N–H and O–H groups in total. The first kappa shape index (κ1) is 11.8. The summed E-state index contributed by atoms with van der Waals surface area (Å²) in [5.74, 6) is -2.84. The number of ether oxygens (including phenoxy) is 1. The number of rotatable bonds is 0. The number of carbonyl (C=O) groups is 2. The molecule has 86 valence electrons. The van der Waals surface area contributed by atoms with Crippen LogP contribution < -0.4 is 0 Å². The van der Waals surface area contributed by atoms with Crippen LogP contribution in [0.25, 0.3) is 0 Å². The zero-order valence-electron chi connectivity index (χ0n) is 8.22. The van der Waals surface area contributed by atoms with Gasteiger partial charge in [-0.25, -0.2) is 4.79 Å². The van der Waals surface area contributed by atoms with Gasteiger partial charge in [0.15, 0.2) is 0 Å². The summed E-state index contributed by atoms with van der Waals surface area (Å²) in [6, 6.07) is 0. The fourth-order valence-corrected chi connectivity index (χ4v) is 1.30. The first-order chi connectivity index (χ1) is 6.67. The number of hydrogen-bond donors (Lipinski definition) is 0. The third-order valence-electron chi connectivity index (χ3n) is 2.21. The van der Waals surface area contributed by atoms with Gasteiger partial charge in [-0.1, -0.05) is 0 Å². The summed E-state index contributed by atoms with van der Waals surface area (Å²) in [5, 5.41) is 0. The van der Waals surface area contributed by atoms with Crippen molar-refractivity contribution in [3.63, 3.8) is 0 Å². The van der Waals surface area contributed by atoms with E-state index in [-0.39, 0.29) is 13.2 Å². The van der Waals surface area contributed by atoms with Crippen LogP contribution in [0.1, 0.15) is 13.8 Å². The van der Waals surface area contributed by atoms with E-state index >= 15 is 0 Å². The molecule has 0 spiro atoms. The molecule has 0 aromatic carbocycles. The predicted octanol–water partition coefficient (Wildman–Crippen LogP) is 0.713. The van der Waals surface area contributed by atoms with Crippen LogP contribution in [-0.4, -0.2) is 41.6 Å². The summed E-state index contributed by atoms with van der Waals surface area (Å²) in [6.07, 6.45) is -4.96. The largest absolute Gasteiger partial charge is 0.471 e. The van der Waals surface area contributed by atoms with Crippen LogP contribution in [0.3, 0.4) is 0 Å². The Morgan fingerprint density at radius 3 is 2.47 bits per heavy atom. The lowest BCUT2D eigenvalue weighted by Crippen LogP contribution is -2.61. The highest BCUT2D eigenvalue weighted by Gasteiger charge is 2.51. The monoisotopic (exact) mass is 225 g/mol. The van der Waals surface area contributed by atoms with Crippen molar-refractivity contribution in [2.24, 2.45) is 0 Å². The zero-order valence-corrected chi connectivity index (χ0v) is 8.22. The second kappa shape index (κ2) is 3.39. The van der Waals surface area contributed by atoms with Crippen molar-refractivity contribution in [3.8, 4) is 0 Å². The maximum atomic E-state index is 12.2. The van der Waals surface area contributed by atoms with E-state index in [1.54, 1.807) is 0 Å². The SMILES string of the molecule is CC1(C)C(=O)OCCN1C(=O)C(F)(F)F. The van der Waals surface area contributed by atoms with Crippen molar-refractivity contribution in [3.05, 3.63) is 0 Å². The smallest absolute Gasteiger partial charge is 0.462 e. The third kappa shape index (κ3) is 2.05. The van der Waals surface area contributed by atoms with Crippen LogP contribution in [0.15, 0.2) is 0 Å². The number of carbonyl (C=O) groups excluding carboxylic acids is 2. The molecule has 1 rings (SSSR count). The topological polar surface area (TPSA) is 46.6 Å². The minimum atomic E-state index is -4.96. The number of hydrogen-bond acceptors (Lipinski definition) is 3. The average molecular weight is 225 g/mol. The molecule has 1 heterocycles. The Bertz CT molecular complexity index is 298. The summed E-state index contributed by atoms with van der Waals surface area (Å²) in [6.45, 7) is 2.00. The number of halogens is 3. The van der Waals surface area contributed by atoms with E-state index in [9.17, 15) is 22.8 Å². The Balaban J connectivity index is 2.95. The number of morpholine rings is 1.